The van der Waals surface area contributed by atoms with E-state index in [0.29, 0.717) is 23.0 Å². The summed E-state index contributed by atoms with van der Waals surface area (Å²) in [7, 11) is 4.83. The first-order chi connectivity index (χ1) is 11.8. The van der Waals surface area contributed by atoms with Crippen LogP contribution in [-0.4, -0.2) is 47.0 Å². The summed E-state index contributed by atoms with van der Waals surface area (Å²) in [6.45, 7) is 0.537. The van der Waals surface area contributed by atoms with Crippen molar-refractivity contribution in [1.29, 1.82) is 0 Å². The number of nitrogens with one attached hydrogen (secondary N) is 3. The van der Waals surface area contributed by atoms with Gasteiger partial charge in [-0.3, -0.25) is 29.1 Å². The molecule has 2 aliphatic heterocycles. The normalized spacial score (nSPS) is 15.8. The van der Waals surface area contributed by atoms with Gasteiger partial charge in [0.25, 0.3) is 11.1 Å². The molecule has 132 valence electrons. The van der Waals surface area contributed by atoms with Crippen molar-refractivity contribution >= 4 is 23.0 Å². The fourth-order valence-corrected chi connectivity index (χ4v) is 3.22. The van der Waals surface area contributed by atoms with Crippen LogP contribution >= 0.6 is 0 Å². The molecular weight excluding hydrogens is 332 g/mol. The van der Waals surface area contributed by atoms with Gasteiger partial charge in [0.05, 0.1) is 0 Å². The highest BCUT2D eigenvalue weighted by Crippen LogP contribution is 2.36. The van der Waals surface area contributed by atoms with E-state index < -0.39 is 22.5 Å². The van der Waals surface area contributed by atoms with Gasteiger partial charge in [0.2, 0.25) is 0 Å². The fraction of sp³-hybridized carbons (Fsp3) is 0.385. The molecule has 2 aromatic heterocycles. The number of aromatic nitrogens is 4. The molecule has 0 unspecified atom stereocenters. The Hall–Kier alpha value is -3.44. The SMILES string of the molecule is CN1CN(N2CN(C)c3c2[nH]c(=O)n(C)c3=O)c2[nH]c(=O)[nH]c(=O)c21. The number of fused-ring (bicyclic) bond motifs is 2. The van der Waals surface area contributed by atoms with Gasteiger partial charge in [0.1, 0.15) is 24.7 Å². The second-order valence-corrected chi connectivity index (χ2v) is 6.07. The Morgan fingerprint density at radius 3 is 1.96 bits per heavy atom. The molecule has 2 aliphatic rings. The number of rotatable bonds is 1. The van der Waals surface area contributed by atoms with E-state index in [1.807, 2.05) is 0 Å². The maximum Gasteiger partial charge on any atom is 0.329 e. The number of hydrazine groups is 1. The lowest BCUT2D eigenvalue weighted by Gasteiger charge is -2.30. The van der Waals surface area contributed by atoms with Gasteiger partial charge in [-0.05, 0) is 0 Å². The van der Waals surface area contributed by atoms with Gasteiger partial charge in [-0.1, -0.05) is 0 Å². The summed E-state index contributed by atoms with van der Waals surface area (Å²) < 4.78 is 0.996. The summed E-state index contributed by atoms with van der Waals surface area (Å²) in [4.78, 5) is 59.0. The highest BCUT2D eigenvalue weighted by Gasteiger charge is 2.38. The molecule has 4 heterocycles. The van der Waals surface area contributed by atoms with Crippen molar-refractivity contribution in [2.75, 3.05) is 47.3 Å². The van der Waals surface area contributed by atoms with Gasteiger partial charge >= 0.3 is 11.4 Å². The standard InChI is InChI=1S/C13H16N8O4/c1-17-4-20(8-6(17)10(22)16-12(24)14-8)21-5-18(2)7-9(21)15-13(25)19(3)11(7)23/h4-5H2,1-3H3,(H,15,25)(H2,14,16,22,24). The van der Waals surface area contributed by atoms with E-state index in [1.54, 1.807) is 33.9 Å². The Morgan fingerprint density at radius 1 is 0.760 bits per heavy atom. The third kappa shape index (κ3) is 1.93. The predicted octanol–water partition coefficient (Wildman–Crippen LogP) is -2.51. The van der Waals surface area contributed by atoms with Crippen molar-refractivity contribution in [2.45, 2.75) is 0 Å². The second-order valence-electron chi connectivity index (χ2n) is 6.07. The van der Waals surface area contributed by atoms with Gasteiger partial charge in [-0.15, -0.1) is 0 Å². The maximum absolute atomic E-state index is 12.4. The number of hydrogen-bond acceptors (Lipinski definition) is 8. The Bertz CT molecular complexity index is 1110. The van der Waals surface area contributed by atoms with E-state index in [9.17, 15) is 19.2 Å². The van der Waals surface area contributed by atoms with Crippen LogP contribution in [0.1, 0.15) is 0 Å². The zero-order valence-electron chi connectivity index (χ0n) is 13.8. The van der Waals surface area contributed by atoms with Crippen molar-refractivity contribution in [3.05, 3.63) is 41.7 Å². The molecule has 0 aliphatic carbocycles. The van der Waals surface area contributed by atoms with E-state index in [-0.39, 0.29) is 13.3 Å². The summed E-state index contributed by atoms with van der Waals surface area (Å²) in [6, 6.07) is 0. The summed E-state index contributed by atoms with van der Waals surface area (Å²) >= 11 is 0. The summed E-state index contributed by atoms with van der Waals surface area (Å²) in [6.07, 6.45) is 0. The average molecular weight is 348 g/mol. The van der Waals surface area contributed by atoms with Gasteiger partial charge < -0.3 is 9.80 Å². The summed E-state index contributed by atoms with van der Waals surface area (Å²) in [5.74, 6) is 0.622. The fourth-order valence-electron chi connectivity index (χ4n) is 3.22. The number of aromatic amines is 3. The first kappa shape index (κ1) is 15.1. The number of anilines is 4. The van der Waals surface area contributed by atoms with Crippen LogP contribution in [0.15, 0.2) is 19.2 Å². The van der Waals surface area contributed by atoms with Gasteiger partial charge in [0.15, 0.2) is 11.6 Å². The lowest BCUT2D eigenvalue weighted by molar-refractivity contribution is 0.725. The zero-order valence-corrected chi connectivity index (χ0v) is 13.8. The molecule has 3 N–H and O–H groups in total. The van der Waals surface area contributed by atoms with Crippen molar-refractivity contribution < 1.29 is 0 Å². The minimum atomic E-state index is -0.630. The number of hydrogen-bond donors (Lipinski definition) is 3. The first-order valence-electron chi connectivity index (χ1n) is 7.46. The van der Waals surface area contributed by atoms with Gasteiger partial charge in [-0.2, -0.15) is 0 Å². The Morgan fingerprint density at radius 2 is 1.32 bits per heavy atom. The molecule has 0 saturated heterocycles. The van der Waals surface area contributed by atoms with E-state index in [1.165, 1.54) is 7.05 Å². The molecular formula is C13H16N8O4. The van der Waals surface area contributed by atoms with Crippen LogP contribution in [-0.2, 0) is 7.05 Å². The molecule has 0 bridgehead atoms. The summed E-state index contributed by atoms with van der Waals surface area (Å²) in [5, 5.41) is 3.29. The molecule has 12 nitrogen and oxygen atoms in total. The Kier molecular flexibility index (Phi) is 2.89. The zero-order chi connectivity index (χ0) is 18.0. The molecule has 12 heteroatoms. The molecule has 0 saturated carbocycles. The van der Waals surface area contributed by atoms with Crippen molar-refractivity contribution in [3.8, 4) is 0 Å². The highest BCUT2D eigenvalue weighted by molar-refractivity contribution is 5.79. The first-order valence-corrected chi connectivity index (χ1v) is 7.46. The molecule has 2 aromatic rings. The molecule has 0 atom stereocenters. The van der Waals surface area contributed by atoms with Crippen LogP contribution in [0, 0.1) is 0 Å². The van der Waals surface area contributed by atoms with Crippen LogP contribution in [0.4, 0.5) is 23.0 Å². The average Bonchev–Trinajstić information content (AvgIpc) is 3.02. The minimum absolute atomic E-state index is 0.267. The van der Waals surface area contributed by atoms with Crippen LogP contribution < -0.4 is 42.3 Å². The molecule has 4 rings (SSSR count). The monoisotopic (exact) mass is 348 g/mol. The number of H-pyrrole nitrogens is 3. The highest BCUT2D eigenvalue weighted by atomic mass is 16.2. The lowest BCUT2D eigenvalue weighted by Crippen LogP contribution is -2.46. The largest absolute Gasteiger partial charge is 0.348 e. The van der Waals surface area contributed by atoms with Crippen molar-refractivity contribution in [3.63, 3.8) is 0 Å². The molecule has 0 spiro atoms. The van der Waals surface area contributed by atoms with E-state index >= 15 is 0 Å². The van der Waals surface area contributed by atoms with E-state index in [0.717, 1.165) is 4.57 Å². The van der Waals surface area contributed by atoms with Crippen LogP contribution in [0.2, 0.25) is 0 Å². The topological polar surface area (TPSA) is 134 Å². The van der Waals surface area contributed by atoms with Crippen LogP contribution in [0.25, 0.3) is 0 Å². The minimum Gasteiger partial charge on any atom is -0.348 e. The van der Waals surface area contributed by atoms with Gasteiger partial charge in [-0.25, -0.2) is 19.6 Å². The van der Waals surface area contributed by atoms with Crippen molar-refractivity contribution in [1.82, 2.24) is 19.5 Å². The molecule has 0 amide bonds. The third-order valence-corrected chi connectivity index (χ3v) is 4.42. The smallest absolute Gasteiger partial charge is 0.329 e. The van der Waals surface area contributed by atoms with E-state index in [4.69, 9.17) is 0 Å². The second kappa shape index (κ2) is 4.78. The summed E-state index contributed by atoms with van der Waals surface area (Å²) in [5.41, 5.74) is -1.46. The van der Waals surface area contributed by atoms with E-state index in [2.05, 4.69) is 15.0 Å². The van der Waals surface area contributed by atoms with Crippen LogP contribution in [0.5, 0.6) is 0 Å². The Labute approximate surface area is 139 Å². The molecule has 0 radical (unpaired) electrons. The van der Waals surface area contributed by atoms with Crippen molar-refractivity contribution in [2.24, 2.45) is 7.05 Å². The molecule has 0 fully saturated rings. The third-order valence-electron chi connectivity index (χ3n) is 4.42. The van der Waals surface area contributed by atoms with Gasteiger partial charge in [0, 0.05) is 21.1 Å². The van der Waals surface area contributed by atoms with Crippen LogP contribution in [0.3, 0.4) is 0 Å². The molecule has 0 aromatic carbocycles. The lowest BCUT2D eigenvalue weighted by atomic mass is 10.4. The Balaban J connectivity index is 1.92. The maximum atomic E-state index is 12.4. The quantitative estimate of drug-likeness (QED) is 0.515. The predicted molar refractivity (Wildman–Crippen MR) is 91.5 cm³/mol. The molecule has 25 heavy (non-hydrogen) atoms. The number of nitrogens with zero attached hydrogens (tertiary/aromatic N) is 5.